The number of hydrogen-bond donors (Lipinski definition) is 2. The highest BCUT2D eigenvalue weighted by Crippen LogP contribution is 2.29. The molecular formula is C13H17ClN2O2. The number of nitrogen functional groups attached to an aromatic ring is 1. The highest BCUT2D eigenvalue weighted by molar-refractivity contribution is 6.33. The number of amides is 1. The number of benzene rings is 1. The van der Waals surface area contributed by atoms with Crippen molar-refractivity contribution in [2.45, 2.75) is 18.9 Å². The van der Waals surface area contributed by atoms with E-state index in [1.54, 1.807) is 30.1 Å². The highest BCUT2D eigenvalue weighted by atomic mass is 35.5. The number of carbonyl (C=O) groups excluding carboxylic acids is 1. The highest BCUT2D eigenvalue weighted by Gasteiger charge is 2.29. The van der Waals surface area contributed by atoms with E-state index < -0.39 is 0 Å². The molecule has 98 valence electrons. The van der Waals surface area contributed by atoms with Crippen LogP contribution in [-0.4, -0.2) is 35.6 Å². The Bertz CT molecular complexity index is 458. The van der Waals surface area contributed by atoms with Gasteiger partial charge < -0.3 is 15.7 Å². The zero-order valence-corrected chi connectivity index (χ0v) is 11.0. The number of halogens is 1. The summed E-state index contributed by atoms with van der Waals surface area (Å²) >= 11 is 5.90. The SMILES string of the molecule is CN(CC1CC(O)C1)C(=O)c1cccc(Cl)c1N. The predicted octanol–water partition coefficient (Wildman–Crippen LogP) is 1.77. The minimum absolute atomic E-state index is 0.128. The van der Waals surface area contributed by atoms with Gasteiger partial charge in [0.1, 0.15) is 0 Å². The minimum atomic E-state index is -0.199. The van der Waals surface area contributed by atoms with Gasteiger partial charge in [-0.3, -0.25) is 4.79 Å². The third-order valence-electron chi connectivity index (χ3n) is 3.37. The van der Waals surface area contributed by atoms with Crippen molar-refractivity contribution in [3.05, 3.63) is 28.8 Å². The number of nitrogens with zero attached hydrogens (tertiary/aromatic N) is 1. The van der Waals surface area contributed by atoms with Crippen LogP contribution in [0.25, 0.3) is 0 Å². The Balaban J connectivity index is 2.04. The third-order valence-corrected chi connectivity index (χ3v) is 3.70. The molecule has 2 rings (SSSR count). The molecule has 1 aromatic carbocycles. The lowest BCUT2D eigenvalue weighted by atomic mass is 9.82. The van der Waals surface area contributed by atoms with E-state index in [9.17, 15) is 9.90 Å². The molecule has 1 amide bonds. The van der Waals surface area contributed by atoms with Crippen molar-refractivity contribution in [2.24, 2.45) is 5.92 Å². The molecule has 0 atom stereocenters. The Morgan fingerprint density at radius 3 is 2.83 bits per heavy atom. The summed E-state index contributed by atoms with van der Waals surface area (Å²) in [4.78, 5) is 13.8. The molecule has 1 aromatic rings. The van der Waals surface area contributed by atoms with Gasteiger partial charge in [-0.15, -0.1) is 0 Å². The quantitative estimate of drug-likeness (QED) is 0.821. The molecule has 0 unspecified atom stereocenters. The average Bonchev–Trinajstić information content (AvgIpc) is 2.30. The second kappa shape index (κ2) is 5.16. The largest absolute Gasteiger partial charge is 0.397 e. The first kappa shape index (κ1) is 13.2. The average molecular weight is 269 g/mol. The Labute approximate surface area is 111 Å². The van der Waals surface area contributed by atoms with Gasteiger partial charge in [0, 0.05) is 13.6 Å². The number of carbonyl (C=O) groups is 1. The number of rotatable bonds is 3. The Kier molecular flexibility index (Phi) is 3.78. The summed E-state index contributed by atoms with van der Waals surface area (Å²) in [5.74, 6) is 0.255. The van der Waals surface area contributed by atoms with Gasteiger partial charge in [0.15, 0.2) is 0 Å². The van der Waals surface area contributed by atoms with Crippen LogP contribution in [0.2, 0.25) is 5.02 Å². The number of aliphatic hydroxyl groups excluding tert-OH is 1. The van der Waals surface area contributed by atoms with E-state index in [1.807, 2.05) is 0 Å². The zero-order chi connectivity index (χ0) is 13.3. The van der Waals surface area contributed by atoms with Crippen molar-refractivity contribution in [2.75, 3.05) is 19.3 Å². The van der Waals surface area contributed by atoms with E-state index in [0.717, 1.165) is 12.8 Å². The van der Waals surface area contributed by atoms with Crippen molar-refractivity contribution >= 4 is 23.2 Å². The van der Waals surface area contributed by atoms with Gasteiger partial charge in [-0.25, -0.2) is 0 Å². The maximum Gasteiger partial charge on any atom is 0.255 e. The van der Waals surface area contributed by atoms with Crippen LogP contribution in [0.1, 0.15) is 23.2 Å². The Morgan fingerprint density at radius 1 is 1.56 bits per heavy atom. The lowest BCUT2D eigenvalue weighted by Crippen LogP contribution is -2.39. The van der Waals surface area contributed by atoms with Crippen LogP contribution >= 0.6 is 11.6 Å². The molecule has 1 aliphatic rings. The van der Waals surface area contributed by atoms with E-state index in [4.69, 9.17) is 17.3 Å². The van der Waals surface area contributed by atoms with Crippen LogP contribution < -0.4 is 5.73 Å². The van der Waals surface area contributed by atoms with Crippen molar-refractivity contribution in [1.82, 2.24) is 4.90 Å². The number of anilines is 1. The van der Waals surface area contributed by atoms with Gasteiger partial charge >= 0.3 is 0 Å². The normalized spacial score (nSPS) is 22.4. The van der Waals surface area contributed by atoms with E-state index in [-0.39, 0.29) is 12.0 Å². The molecule has 0 aliphatic heterocycles. The maximum atomic E-state index is 12.2. The second-order valence-corrected chi connectivity index (χ2v) is 5.29. The topological polar surface area (TPSA) is 66.6 Å². The summed E-state index contributed by atoms with van der Waals surface area (Å²) in [6.45, 7) is 0.641. The number of hydrogen-bond acceptors (Lipinski definition) is 3. The Morgan fingerprint density at radius 2 is 2.22 bits per heavy atom. The molecular weight excluding hydrogens is 252 g/mol. The fourth-order valence-corrected chi connectivity index (χ4v) is 2.42. The summed E-state index contributed by atoms with van der Waals surface area (Å²) < 4.78 is 0. The van der Waals surface area contributed by atoms with Crippen LogP contribution in [0.4, 0.5) is 5.69 Å². The molecule has 1 fully saturated rings. The molecule has 0 radical (unpaired) electrons. The van der Waals surface area contributed by atoms with Crippen LogP contribution in [0.15, 0.2) is 18.2 Å². The second-order valence-electron chi connectivity index (χ2n) is 4.88. The lowest BCUT2D eigenvalue weighted by Gasteiger charge is -2.34. The van der Waals surface area contributed by atoms with Gasteiger partial charge in [-0.1, -0.05) is 17.7 Å². The first-order chi connectivity index (χ1) is 8.49. The molecule has 1 aliphatic carbocycles. The molecule has 3 N–H and O–H groups in total. The van der Waals surface area contributed by atoms with Crippen LogP contribution in [0.3, 0.4) is 0 Å². The first-order valence-electron chi connectivity index (χ1n) is 5.96. The molecule has 18 heavy (non-hydrogen) atoms. The Hall–Kier alpha value is -1.26. The maximum absolute atomic E-state index is 12.2. The molecule has 0 bridgehead atoms. The van der Waals surface area contributed by atoms with Crippen molar-refractivity contribution < 1.29 is 9.90 Å². The predicted molar refractivity (Wildman–Crippen MR) is 71.6 cm³/mol. The molecule has 0 aromatic heterocycles. The molecule has 5 heteroatoms. The first-order valence-corrected chi connectivity index (χ1v) is 6.34. The summed E-state index contributed by atoms with van der Waals surface area (Å²) in [6, 6.07) is 5.05. The fraction of sp³-hybridized carbons (Fsp3) is 0.462. The van der Waals surface area contributed by atoms with E-state index in [0.29, 0.717) is 28.7 Å². The molecule has 0 saturated heterocycles. The lowest BCUT2D eigenvalue weighted by molar-refractivity contribution is 0.0265. The van der Waals surface area contributed by atoms with Gasteiger partial charge in [0.2, 0.25) is 0 Å². The summed E-state index contributed by atoms with van der Waals surface area (Å²) in [5.41, 5.74) is 6.56. The van der Waals surface area contributed by atoms with Gasteiger partial charge in [0.05, 0.1) is 22.4 Å². The monoisotopic (exact) mass is 268 g/mol. The molecule has 4 nitrogen and oxygen atoms in total. The summed E-state index contributed by atoms with van der Waals surface area (Å²) in [6.07, 6.45) is 1.33. The molecule has 1 saturated carbocycles. The van der Waals surface area contributed by atoms with E-state index in [1.165, 1.54) is 0 Å². The molecule has 0 spiro atoms. The number of para-hydroxylation sites is 1. The number of aliphatic hydroxyl groups is 1. The fourth-order valence-electron chi connectivity index (χ4n) is 2.25. The van der Waals surface area contributed by atoms with Crippen molar-refractivity contribution in [3.63, 3.8) is 0 Å². The molecule has 0 heterocycles. The summed E-state index contributed by atoms with van der Waals surface area (Å²) in [7, 11) is 1.74. The van der Waals surface area contributed by atoms with Crippen LogP contribution in [0, 0.1) is 5.92 Å². The minimum Gasteiger partial charge on any atom is -0.397 e. The van der Waals surface area contributed by atoms with Gasteiger partial charge in [0.25, 0.3) is 5.91 Å². The smallest absolute Gasteiger partial charge is 0.255 e. The van der Waals surface area contributed by atoms with Crippen LogP contribution in [-0.2, 0) is 0 Å². The standard InChI is InChI=1S/C13H17ClN2O2/c1-16(7-8-5-9(17)6-8)13(18)10-3-2-4-11(14)12(10)15/h2-4,8-9,17H,5-7,15H2,1H3. The number of nitrogens with two attached hydrogens (primary N) is 1. The van der Waals surface area contributed by atoms with E-state index in [2.05, 4.69) is 0 Å². The van der Waals surface area contributed by atoms with Crippen molar-refractivity contribution in [1.29, 1.82) is 0 Å². The van der Waals surface area contributed by atoms with Crippen LogP contribution in [0.5, 0.6) is 0 Å². The van der Waals surface area contributed by atoms with E-state index >= 15 is 0 Å². The third kappa shape index (κ3) is 2.60. The zero-order valence-electron chi connectivity index (χ0n) is 10.3. The van der Waals surface area contributed by atoms with Gasteiger partial charge in [-0.2, -0.15) is 0 Å². The summed E-state index contributed by atoms with van der Waals surface area (Å²) in [5, 5.41) is 9.62. The van der Waals surface area contributed by atoms with Gasteiger partial charge in [-0.05, 0) is 30.9 Å². The van der Waals surface area contributed by atoms with Crippen molar-refractivity contribution in [3.8, 4) is 0 Å².